The van der Waals surface area contributed by atoms with Gasteiger partial charge >= 0.3 is 6.09 Å². The van der Waals surface area contributed by atoms with Crippen LogP contribution in [-0.4, -0.2) is 81.5 Å². The quantitative estimate of drug-likeness (QED) is 0.390. The molecule has 1 aromatic carbocycles. The first-order valence-electron chi connectivity index (χ1n) is 13.3. The lowest BCUT2D eigenvalue weighted by atomic mass is 10.1. The number of ether oxygens (including phenoxy) is 3. The van der Waals surface area contributed by atoms with E-state index >= 15 is 0 Å². The Morgan fingerprint density at radius 1 is 1.13 bits per heavy atom. The zero-order valence-corrected chi connectivity index (χ0v) is 21.9. The zero-order valence-electron chi connectivity index (χ0n) is 21.9. The summed E-state index contributed by atoms with van der Waals surface area (Å²) in [5, 5.41) is 2.95. The molecule has 1 atom stereocenters. The van der Waals surface area contributed by atoms with Crippen LogP contribution in [-0.2, 0) is 9.53 Å². The normalized spacial score (nSPS) is 16.8. The van der Waals surface area contributed by atoms with Gasteiger partial charge in [0, 0.05) is 57.6 Å². The Kier molecular flexibility index (Phi) is 8.39. The van der Waals surface area contributed by atoms with E-state index in [0.29, 0.717) is 62.5 Å². The highest BCUT2D eigenvalue weighted by Gasteiger charge is 2.34. The fourth-order valence-electron chi connectivity index (χ4n) is 4.57. The minimum atomic E-state index is -0.444. The third kappa shape index (κ3) is 6.57. The number of amides is 2. The SMILES string of the molecule is CCCCOC(=O)N1CCN(c2ccnc(-n3ccnc3)n2)CC1CC(=O)NCCC1Oc2ccccc2O1. The number of anilines is 1. The standard InChI is InChI=1S/C27H33N7O5/c1-2-3-16-37-27(36)34-15-14-32(23-8-10-30-26(31-23)33-13-12-28-19-33)18-20(34)17-24(35)29-11-9-25-38-21-6-4-5-7-22(21)39-25/h4-8,10,12-13,19-20,25H,2-3,9,11,14-18H2,1H3,(H,29,35). The van der Waals surface area contributed by atoms with E-state index in [1.54, 1.807) is 34.4 Å². The molecule has 12 nitrogen and oxygen atoms in total. The van der Waals surface area contributed by atoms with Crippen LogP contribution in [0.2, 0.25) is 0 Å². The second-order valence-corrected chi connectivity index (χ2v) is 9.40. The molecule has 3 aromatic rings. The summed E-state index contributed by atoms with van der Waals surface area (Å²) in [6, 6.07) is 8.92. The topological polar surface area (TPSA) is 124 Å². The molecule has 0 saturated carbocycles. The van der Waals surface area contributed by atoms with Gasteiger partial charge in [-0.05, 0) is 24.6 Å². The molecule has 0 radical (unpaired) electrons. The summed E-state index contributed by atoms with van der Waals surface area (Å²) in [7, 11) is 0. The largest absolute Gasteiger partial charge is 0.451 e. The van der Waals surface area contributed by atoms with Crippen LogP contribution in [0.15, 0.2) is 55.2 Å². The minimum Gasteiger partial charge on any atom is -0.451 e. The number of para-hydroxylation sites is 2. The number of nitrogens with one attached hydrogen (secondary N) is 1. The number of nitrogens with zero attached hydrogens (tertiary/aromatic N) is 6. The van der Waals surface area contributed by atoms with Crippen LogP contribution in [0.3, 0.4) is 0 Å². The van der Waals surface area contributed by atoms with Crippen molar-refractivity contribution < 1.29 is 23.8 Å². The number of hydrogen-bond donors (Lipinski definition) is 1. The fourth-order valence-corrected chi connectivity index (χ4v) is 4.57. The first kappa shape index (κ1) is 26.3. The summed E-state index contributed by atoms with van der Waals surface area (Å²) in [5.74, 6) is 2.46. The van der Waals surface area contributed by atoms with E-state index in [4.69, 9.17) is 14.2 Å². The number of hydrogen-bond acceptors (Lipinski definition) is 9. The molecule has 1 unspecified atom stereocenters. The summed E-state index contributed by atoms with van der Waals surface area (Å²) in [4.78, 5) is 42.6. The van der Waals surface area contributed by atoms with Crippen molar-refractivity contribution in [3.8, 4) is 17.4 Å². The number of rotatable bonds is 10. The van der Waals surface area contributed by atoms with Gasteiger partial charge in [-0.3, -0.25) is 9.36 Å². The summed E-state index contributed by atoms with van der Waals surface area (Å²) >= 11 is 0. The molecule has 2 aromatic heterocycles. The van der Waals surface area contributed by atoms with Crippen LogP contribution in [0, 0.1) is 0 Å². The van der Waals surface area contributed by atoms with E-state index in [9.17, 15) is 9.59 Å². The van der Waals surface area contributed by atoms with Crippen molar-refractivity contribution in [1.82, 2.24) is 29.7 Å². The molecule has 2 aliphatic heterocycles. The molecule has 39 heavy (non-hydrogen) atoms. The second-order valence-electron chi connectivity index (χ2n) is 9.40. The van der Waals surface area contributed by atoms with Gasteiger partial charge in [-0.15, -0.1) is 0 Å². The van der Waals surface area contributed by atoms with Crippen LogP contribution in [0.4, 0.5) is 10.6 Å². The maximum absolute atomic E-state index is 13.0. The van der Waals surface area contributed by atoms with Crippen LogP contribution < -0.4 is 19.7 Å². The molecule has 0 aliphatic carbocycles. The van der Waals surface area contributed by atoms with Gasteiger partial charge < -0.3 is 29.3 Å². The van der Waals surface area contributed by atoms with Crippen molar-refractivity contribution in [2.24, 2.45) is 0 Å². The highest BCUT2D eigenvalue weighted by Crippen LogP contribution is 2.34. The van der Waals surface area contributed by atoms with Gasteiger partial charge in [0.2, 0.25) is 18.1 Å². The average Bonchev–Trinajstić information content (AvgIpc) is 3.63. The smallest absolute Gasteiger partial charge is 0.410 e. The molecule has 1 N–H and O–H groups in total. The fraction of sp³-hybridized carbons (Fsp3) is 0.444. The Hall–Kier alpha value is -4.35. The lowest BCUT2D eigenvalue weighted by Gasteiger charge is -2.41. The molecule has 5 rings (SSSR count). The van der Waals surface area contributed by atoms with Gasteiger partial charge in [-0.1, -0.05) is 25.5 Å². The Bertz CT molecular complexity index is 1230. The number of piperazine rings is 1. The van der Waals surface area contributed by atoms with E-state index in [2.05, 4.69) is 25.2 Å². The van der Waals surface area contributed by atoms with Crippen LogP contribution in [0.5, 0.6) is 11.5 Å². The Morgan fingerprint density at radius 3 is 2.69 bits per heavy atom. The molecule has 0 spiro atoms. The van der Waals surface area contributed by atoms with Gasteiger partial charge in [0.25, 0.3) is 0 Å². The first-order valence-corrected chi connectivity index (χ1v) is 13.3. The number of unbranched alkanes of at least 4 members (excludes halogenated alkanes) is 1. The van der Waals surface area contributed by atoms with Crippen molar-refractivity contribution in [3.63, 3.8) is 0 Å². The average molecular weight is 536 g/mol. The molecule has 12 heteroatoms. The molecular weight excluding hydrogens is 502 g/mol. The van der Waals surface area contributed by atoms with Gasteiger partial charge in [0.1, 0.15) is 12.1 Å². The molecule has 2 amide bonds. The lowest BCUT2D eigenvalue weighted by Crippen LogP contribution is -2.57. The van der Waals surface area contributed by atoms with Crippen molar-refractivity contribution in [3.05, 3.63) is 55.2 Å². The van der Waals surface area contributed by atoms with E-state index < -0.39 is 12.4 Å². The van der Waals surface area contributed by atoms with E-state index in [1.807, 2.05) is 37.3 Å². The summed E-state index contributed by atoms with van der Waals surface area (Å²) in [6.07, 6.45) is 8.28. The van der Waals surface area contributed by atoms with Gasteiger partial charge in [-0.2, -0.15) is 4.98 Å². The third-order valence-electron chi connectivity index (χ3n) is 6.62. The highest BCUT2D eigenvalue weighted by molar-refractivity contribution is 5.78. The molecule has 4 heterocycles. The Morgan fingerprint density at radius 2 is 1.95 bits per heavy atom. The Labute approximate surface area is 226 Å². The summed E-state index contributed by atoms with van der Waals surface area (Å²) in [5.41, 5.74) is 0. The van der Waals surface area contributed by atoms with Crippen molar-refractivity contribution in [2.75, 3.05) is 37.7 Å². The van der Waals surface area contributed by atoms with E-state index in [1.165, 1.54) is 0 Å². The van der Waals surface area contributed by atoms with Gasteiger partial charge in [0.05, 0.1) is 12.6 Å². The first-order chi connectivity index (χ1) is 19.1. The van der Waals surface area contributed by atoms with Gasteiger partial charge in [0.15, 0.2) is 11.5 Å². The second kappa shape index (κ2) is 12.5. The van der Waals surface area contributed by atoms with E-state index in [-0.39, 0.29) is 18.4 Å². The van der Waals surface area contributed by atoms with Crippen molar-refractivity contribution in [2.45, 2.75) is 44.9 Å². The number of imidazole rings is 1. The summed E-state index contributed by atoms with van der Waals surface area (Å²) in [6.45, 7) is 4.18. The number of carbonyl (C=O) groups excluding carboxylic acids is 2. The molecule has 206 valence electrons. The highest BCUT2D eigenvalue weighted by atomic mass is 16.7. The predicted molar refractivity (Wildman–Crippen MR) is 142 cm³/mol. The molecule has 0 bridgehead atoms. The van der Waals surface area contributed by atoms with Crippen molar-refractivity contribution >= 4 is 17.8 Å². The monoisotopic (exact) mass is 535 g/mol. The molecular formula is C27H33N7O5. The molecule has 1 saturated heterocycles. The van der Waals surface area contributed by atoms with E-state index in [0.717, 1.165) is 12.8 Å². The van der Waals surface area contributed by atoms with Crippen LogP contribution >= 0.6 is 0 Å². The Balaban J connectivity index is 1.20. The lowest BCUT2D eigenvalue weighted by molar-refractivity contribution is -0.122. The number of carbonyl (C=O) groups is 2. The maximum Gasteiger partial charge on any atom is 0.410 e. The minimum absolute atomic E-state index is 0.130. The zero-order chi connectivity index (χ0) is 27.0. The van der Waals surface area contributed by atoms with Crippen LogP contribution in [0.1, 0.15) is 32.6 Å². The maximum atomic E-state index is 13.0. The summed E-state index contributed by atoms with van der Waals surface area (Å²) < 4.78 is 18.8. The number of benzene rings is 1. The molecule has 2 aliphatic rings. The number of fused-ring (bicyclic) bond motifs is 1. The predicted octanol–water partition coefficient (Wildman–Crippen LogP) is 2.78. The number of aromatic nitrogens is 4. The van der Waals surface area contributed by atoms with Crippen LogP contribution in [0.25, 0.3) is 5.95 Å². The third-order valence-corrected chi connectivity index (χ3v) is 6.62. The van der Waals surface area contributed by atoms with Crippen molar-refractivity contribution in [1.29, 1.82) is 0 Å². The van der Waals surface area contributed by atoms with Gasteiger partial charge in [-0.25, -0.2) is 14.8 Å². The molecule has 1 fully saturated rings.